The van der Waals surface area contributed by atoms with Crippen molar-refractivity contribution in [3.63, 3.8) is 0 Å². The van der Waals surface area contributed by atoms with Gasteiger partial charge in [0.2, 0.25) is 0 Å². The van der Waals surface area contributed by atoms with Gasteiger partial charge in [-0.3, -0.25) is 0 Å². The lowest BCUT2D eigenvalue weighted by atomic mass is 10.2. The molecule has 0 heterocycles. The van der Waals surface area contributed by atoms with Crippen molar-refractivity contribution < 1.29 is 33.4 Å². The molecule has 0 aliphatic rings. The fourth-order valence-electron chi connectivity index (χ4n) is 3.00. The zero-order valence-corrected chi connectivity index (χ0v) is 18.3. The van der Waals surface area contributed by atoms with Gasteiger partial charge in [0.25, 0.3) is 0 Å². The Morgan fingerprint density at radius 2 is 0.686 bits per heavy atom. The normalized spacial score (nSPS) is 10.2. The summed E-state index contributed by atoms with van der Waals surface area (Å²) in [6.45, 7) is 0. The number of benzene rings is 4. The van der Waals surface area contributed by atoms with Crippen molar-refractivity contribution in [2.75, 3.05) is 0 Å². The SMILES string of the molecule is O=C(OC(=O)c1ccc(OC(=O)c2ccccc2)cc1)c1ccc(OC(=O)c2ccccc2)cc1. The maximum Gasteiger partial charge on any atom is 0.346 e. The Labute approximate surface area is 200 Å². The molecule has 4 aromatic carbocycles. The fourth-order valence-corrected chi connectivity index (χ4v) is 3.00. The van der Waals surface area contributed by atoms with Gasteiger partial charge < -0.3 is 14.2 Å². The molecule has 0 saturated carbocycles. The lowest BCUT2D eigenvalue weighted by Gasteiger charge is -2.07. The average Bonchev–Trinajstić information content (AvgIpc) is 2.90. The van der Waals surface area contributed by atoms with E-state index in [-0.39, 0.29) is 22.6 Å². The Kier molecular flexibility index (Phi) is 7.08. The third kappa shape index (κ3) is 6.06. The number of carbonyl (C=O) groups is 4. The predicted octanol–water partition coefficient (Wildman–Crippen LogP) is 5.12. The molecule has 0 amide bonds. The molecule has 0 radical (unpaired) electrons. The van der Waals surface area contributed by atoms with Gasteiger partial charge in [-0.25, -0.2) is 19.2 Å². The Balaban J connectivity index is 1.32. The molecular weight excluding hydrogens is 448 g/mol. The van der Waals surface area contributed by atoms with Crippen LogP contribution in [0.25, 0.3) is 0 Å². The van der Waals surface area contributed by atoms with Gasteiger partial charge in [-0.1, -0.05) is 36.4 Å². The van der Waals surface area contributed by atoms with E-state index in [1.165, 1.54) is 48.5 Å². The van der Waals surface area contributed by atoms with Gasteiger partial charge in [-0.15, -0.1) is 0 Å². The van der Waals surface area contributed by atoms with Crippen LogP contribution in [-0.4, -0.2) is 23.9 Å². The van der Waals surface area contributed by atoms with Crippen LogP contribution in [0.1, 0.15) is 41.4 Å². The molecule has 0 N–H and O–H groups in total. The lowest BCUT2D eigenvalue weighted by Crippen LogP contribution is -2.13. The number of esters is 4. The van der Waals surface area contributed by atoms with E-state index in [2.05, 4.69) is 0 Å². The second kappa shape index (κ2) is 10.7. The van der Waals surface area contributed by atoms with Gasteiger partial charge in [0.05, 0.1) is 22.3 Å². The standard InChI is InChI=1S/C28H18O7/c29-25(19-7-3-1-4-8-19)33-23-15-11-21(12-16-23)27(31)35-28(32)22-13-17-24(18-14-22)34-26(30)20-9-5-2-6-10-20/h1-18H. The molecule has 0 aliphatic carbocycles. The van der Waals surface area contributed by atoms with Gasteiger partial charge in [0, 0.05) is 0 Å². The molecule has 7 nitrogen and oxygen atoms in total. The van der Waals surface area contributed by atoms with Crippen LogP contribution in [0.3, 0.4) is 0 Å². The van der Waals surface area contributed by atoms with Gasteiger partial charge in [0.1, 0.15) is 11.5 Å². The van der Waals surface area contributed by atoms with E-state index in [1.54, 1.807) is 60.7 Å². The largest absolute Gasteiger partial charge is 0.423 e. The molecule has 0 fully saturated rings. The second-order valence-corrected chi connectivity index (χ2v) is 7.24. The minimum atomic E-state index is -0.865. The van der Waals surface area contributed by atoms with Crippen molar-refractivity contribution in [3.8, 4) is 11.5 Å². The predicted molar refractivity (Wildman–Crippen MR) is 125 cm³/mol. The lowest BCUT2D eigenvalue weighted by molar-refractivity contribution is 0.0397. The van der Waals surface area contributed by atoms with Crippen LogP contribution < -0.4 is 9.47 Å². The summed E-state index contributed by atoms with van der Waals surface area (Å²) in [7, 11) is 0. The number of hydrogen-bond donors (Lipinski definition) is 0. The van der Waals surface area contributed by atoms with Gasteiger partial charge in [0.15, 0.2) is 0 Å². The Morgan fingerprint density at radius 1 is 0.371 bits per heavy atom. The topological polar surface area (TPSA) is 96.0 Å². The summed E-state index contributed by atoms with van der Waals surface area (Å²) in [6.07, 6.45) is 0. The van der Waals surface area contributed by atoms with Crippen molar-refractivity contribution in [2.45, 2.75) is 0 Å². The van der Waals surface area contributed by atoms with E-state index >= 15 is 0 Å². The molecule has 4 aromatic rings. The van der Waals surface area contributed by atoms with E-state index in [1.807, 2.05) is 0 Å². The molecule has 0 bridgehead atoms. The first-order valence-corrected chi connectivity index (χ1v) is 10.5. The number of ether oxygens (including phenoxy) is 3. The van der Waals surface area contributed by atoms with Crippen molar-refractivity contribution in [1.29, 1.82) is 0 Å². The summed E-state index contributed by atoms with van der Waals surface area (Å²) < 4.78 is 15.4. The number of rotatable bonds is 6. The summed E-state index contributed by atoms with van der Waals surface area (Å²) in [6, 6.07) is 28.2. The van der Waals surface area contributed by atoms with Gasteiger partial charge >= 0.3 is 23.9 Å². The Hall–Kier alpha value is -5.04. The van der Waals surface area contributed by atoms with Crippen LogP contribution in [0, 0.1) is 0 Å². The first kappa shape index (κ1) is 23.1. The van der Waals surface area contributed by atoms with E-state index in [9.17, 15) is 19.2 Å². The molecular formula is C28H18O7. The summed E-state index contributed by atoms with van der Waals surface area (Å²) in [5.74, 6) is -2.32. The molecule has 7 heteroatoms. The average molecular weight is 466 g/mol. The maximum absolute atomic E-state index is 12.3. The summed E-state index contributed by atoms with van der Waals surface area (Å²) in [5.41, 5.74) is 0.988. The highest BCUT2D eigenvalue weighted by Gasteiger charge is 2.16. The van der Waals surface area contributed by atoms with Crippen LogP contribution in [0.4, 0.5) is 0 Å². The molecule has 4 rings (SSSR count). The van der Waals surface area contributed by atoms with E-state index in [0.29, 0.717) is 11.1 Å². The minimum absolute atomic E-state index is 0.103. The van der Waals surface area contributed by atoms with Crippen molar-refractivity contribution in [1.82, 2.24) is 0 Å². The molecule has 172 valence electrons. The first-order valence-electron chi connectivity index (χ1n) is 10.5. The summed E-state index contributed by atoms with van der Waals surface area (Å²) in [4.78, 5) is 48.9. The molecule has 0 saturated heterocycles. The van der Waals surface area contributed by atoms with Crippen LogP contribution in [0.5, 0.6) is 11.5 Å². The van der Waals surface area contributed by atoms with E-state index < -0.39 is 23.9 Å². The van der Waals surface area contributed by atoms with Crippen LogP contribution in [-0.2, 0) is 4.74 Å². The molecule has 0 atom stereocenters. The van der Waals surface area contributed by atoms with E-state index in [0.717, 1.165) is 0 Å². The third-order valence-corrected chi connectivity index (χ3v) is 4.81. The van der Waals surface area contributed by atoms with Crippen LogP contribution in [0.15, 0.2) is 109 Å². The van der Waals surface area contributed by atoms with Crippen molar-refractivity contribution in [2.24, 2.45) is 0 Å². The zero-order chi connectivity index (χ0) is 24.6. The highest BCUT2D eigenvalue weighted by Crippen LogP contribution is 2.18. The van der Waals surface area contributed by atoms with E-state index in [4.69, 9.17) is 14.2 Å². The maximum atomic E-state index is 12.3. The molecule has 0 aromatic heterocycles. The number of hydrogen-bond acceptors (Lipinski definition) is 7. The smallest absolute Gasteiger partial charge is 0.346 e. The zero-order valence-electron chi connectivity index (χ0n) is 18.3. The fraction of sp³-hybridized carbons (Fsp3) is 0. The highest BCUT2D eigenvalue weighted by atomic mass is 16.6. The molecule has 0 aliphatic heterocycles. The molecule has 35 heavy (non-hydrogen) atoms. The third-order valence-electron chi connectivity index (χ3n) is 4.81. The minimum Gasteiger partial charge on any atom is -0.423 e. The van der Waals surface area contributed by atoms with Crippen molar-refractivity contribution in [3.05, 3.63) is 131 Å². The Bertz CT molecular complexity index is 1240. The highest BCUT2D eigenvalue weighted by molar-refractivity contribution is 6.02. The first-order chi connectivity index (χ1) is 17.0. The molecule has 0 unspecified atom stereocenters. The monoisotopic (exact) mass is 466 g/mol. The Morgan fingerprint density at radius 3 is 1.03 bits per heavy atom. The van der Waals surface area contributed by atoms with Crippen molar-refractivity contribution >= 4 is 23.9 Å². The van der Waals surface area contributed by atoms with Crippen LogP contribution in [0.2, 0.25) is 0 Å². The van der Waals surface area contributed by atoms with Gasteiger partial charge in [-0.05, 0) is 72.8 Å². The quantitative estimate of drug-likeness (QED) is 0.221. The summed E-state index contributed by atoms with van der Waals surface area (Å²) >= 11 is 0. The molecule has 0 spiro atoms. The second-order valence-electron chi connectivity index (χ2n) is 7.24. The number of carbonyl (C=O) groups excluding carboxylic acids is 4. The van der Waals surface area contributed by atoms with Crippen LogP contribution >= 0.6 is 0 Å². The van der Waals surface area contributed by atoms with Gasteiger partial charge in [-0.2, -0.15) is 0 Å². The summed E-state index contributed by atoms with van der Waals surface area (Å²) in [5, 5.41) is 0.